The molecule has 1 N–H and O–H groups in total. The van der Waals surface area contributed by atoms with Gasteiger partial charge in [-0.3, -0.25) is 4.79 Å². The van der Waals surface area contributed by atoms with E-state index in [1.165, 1.54) is 30.0 Å². The van der Waals surface area contributed by atoms with Crippen LogP contribution >= 0.6 is 0 Å². The van der Waals surface area contributed by atoms with Gasteiger partial charge in [-0.25, -0.2) is 4.39 Å². The van der Waals surface area contributed by atoms with Gasteiger partial charge in [0.25, 0.3) is 5.91 Å². The number of carbonyl (C=O) groups excluding carboxylic acids is 1. The Hall–Kier alpha value is -1.62. The maximum absolute atomic E-state index is 13.0. The quantitative estimate of drug-likeness (QED) is 0.865. The summed E-state index contributed by atoms with van der Waals surface area (Å²) in [6.45, 7) is 1.37. The SMILES string of the molecule is C[C@H](O)c1cc(F)ccc1OCC(=O)N(C)C. The summed E-state index contributed by atoms with van der Waals surface area (Å²) in [5.74, 6) is -0.338. The number of benzene rings is 1. The predicted octanol–water partition coefficient (Wildman–Crippen LogP) is 1.35. The molecule has 0 bridgehead atoms. The van der Waals surface area contributed by atoms with Crippen LogP contribution in [0.15, 0.2) is 18.2 Å². The van der Waals surface area contributed by atoms with E-state index in [2.05, 4.69) is 0 Å². The van der Waals surface area contributed by atoms with Crippen LogP contribution in [0.25, 0.3) is 0 Å². The maximum atomic E-state index is 13.0. The van der Waals surface area contributed by atoms with E-state index < -0.39 is 11.9 Å². The van der Waals surface area contributed by atoms with Crippen molar-refractivity contribution in [2.75, 3.05) is 20.7 Å². The number of amides is 1. The fourth-order valence-electron chi connectivity index (χ4n) is 1.25. The van der Waals surface area contributed by atoms with Gasteiger partial charge >= 0.3 is 0 Å². The van der Waals surface area contributed by atoms with Gasteiger partial charge < -0.3 is 14.7 Å². The highest BCUT2D eigenvalue weighted by molar-refractivity contribution is 5.77. The number of aliphatic hydroxyl groups excluding tert-OH is 1. The van der Waals surface area contributed by atoms with Crippen LogP contribution in [0.1, 0.15) is 18.6 Å². The zero-order valence-corrected chi connectivity index (χ0v) is 10.1. The van der Waals surface area contributed by atoms with Crippen LogP contribution in [-0.4, -0.2) is 36.6 Å². The summed E-state index contributed by atoms with van der Waals surface area (Å²) >= 11 is 0. The molecule has 94 valence electrons. The van der Waals surface area contributed by atoms with Gasteiger partial charge in [0.15, 0.2) is 6.61 Å². The molecule has 1 aromatic carbocycles. The lowest BCUT2D eigenvalue weighted by molar-refractivity contribution is -0.130. The highest BCUT2D eigenvalue weighted by Crippen LogP contribution is 2.25. The van der Waals surface area contributed by atoms with E-state index in [1.54, 1.807) is 14.1 Å². The molecule has 0 spiro atoms. The van der Waals surface area contributed by atoms with Gasteiger partial charge in [0.1, 0.15) is 11.6 Å². The molecule has 0 heterocycles. The summed E-state index contributed by atoms with van der Waals surface area (Å²) in [6, 6.07) is 3.82. The van der Waals surface area contributed by atoms with Crippen molar-refractivity contribution in [2.24, 2.45) is 0 Å². The first-order chi connectivity index (χ1) is 7.91. The average Bonchev–Trinajstić information content (AvgIpc) is 2.26. The van der Waals surface area contributed by atoms with Crippen molar-refractivity contribution in [2.45, 2.75) is 13.0 Å². The molecule has 17 heavy (non-hydrogen) atoms. The summed E-state index contributed by atoms with van der Waals surface area (Å²) in [5, 5.41) is 9.46. The van der Waals surface area contributed by atoms with Crippen molar-refractivity contribution in [3.63, 3.8) is 0 Å². The Morgan fingerprint density at radius 2 is 2.18 bits per heavy atom. The molecule has 0 aromatic heterocycles. The highest BCUT2D eigenvalue weighted by Gasteiger charge is 2.12. The van der Waals surface area contributed by atoms with Crippen LogP contribution < -0.4 is 4.74 Å². The van der Waals surface area contributed by atoms with Crippen LogP contribution in [0, 0.1) is 5.82 Å². The van der Waals surface area contributed by atoms with Gasteiger partial charge in [-0.15, -0.1) is 0 Å². The van der Waals surface area contributed by atoms with Crippen LogP contribution in [0.3, 0.4) is 0 Å². The highest BCUT2D eigenvalue weighted by atomic mass is 19.1. The number of likely N-dealkylation sites (N-methyl/N-ethyl adjacent to an activating group) is 1. The Morgan fingerprint density at radius 3 is 2.71 bits per heavy atom. The fourth-order valence-corrected chi connectivity index (χ4v) is 1.25. The van der Waals surface area contributed by atoms with E-state index in [-0.39, 0.29) is 12.5 Å². The second kappa shape index (κ2) is 5.63. The van der Waals surface area contributed by atoms with Gasteiger partial charge in [-0.1, -0.05) is 0 Å². The number of halogens is 1. The normalized spacial score (nSPS) is 12.1. The average molecular weight is 241 g/mol. The third-order valence-corrected chi connectivity index (χ3v) is 2.27. The standard InChI is InChI=1S/C12H16FNO3/c1-8(15)10-6-9(13)4-5-11(10)17-7-12(16)14(2)3/h4-6,8,15H,7H2,1-3H3/t8-/m0/s1. The first-order valence-electron chi connectivity index (χ1n) is 5.22. The molecule has 0 aliphatic rings. The topological polar surface area (TPSA) is 49.8 Å². The predicted molar refractivity (Wildman–Crippen MR) is 61.2 cm³/mol. The molecular weight excluding hydrogens is 225 g/mol. The van der Waals surface area contributed by atoms with Crippen LogP contribution in [0.2, 0.25) is 0 Å². The van der Waals surface area contributed by atoms with Crippen molar-refractivity contribution in [1.29, 1.82) is 0 Å². The van der Waals surface area contributed by atoms with Gasteiger partial charge in [0.05, 0.1) is 6.10 Å². The monoisotopic (exact) mass is 241 g/mol. The number of hydrogen-bond donors (Lipinski definition) is 1. The molecule has 1 aromatic rings. The molecule has 0 fully saturated rings. The largest absolute Gasteiger partial charge is 0.483 e. The van der Waals surface area contributed by atoms with Crippen molar-refractivity contribution >= 4 is 5.91 Å². The van der Waals surface area contributed by atoms with Gasteiger partial charge in [-0.05, 0) is 25.1 Å². The molecule has 0 radical (unpaired) electrons. The molecule has 0 saturated carbocycles. The van der Waals surface area contributed by atoms with Gasteiger partial charge in [0.2, 0.25) is 0 Å². The second-order valence-corrected chi connectivity index (χ2v) is 3.93. The minimum Gasteiger partial charge on any atom is -0.483 e. The van der Waals surface area contributed by atoms with Crippen molar-refractivity contribution in [3.05, 3.63) is 29.6 Å². The zero-order valence-electron chi connectivity index (χ0n) is 10.1. The zero-order chi connectivity index (χ0) is 13.0. The number of rotatable bonds is 4. The van der Waals surface area contributed by atoms with Crippen molar-refractivity contribution in [1.82, 2.24) is 4.90 Å². The summed E-state index contributed by atoms with van der Waals surface area (Å²) in [5.41, 5.74) is 0.330. The fraction of sp³-hybridized carbons (Fsp3) is 0.417. The number of carbonyl (C=O) groups is 1. The Morgan fingerprint density at radius 1 is 1.53 bits per heavy atom. The van der Waals surface area contributed by atoms with Crippen molar-refractivity contribution < 1.29 is 19.0 Å². The summed E-state index contributed by atoms with van der Waals surface area (Å²) in [4.78, 5) is 12.7. The maximum Gasteiger partial charge on any atom is 0.259 e. The number of hydrogen-bond acceptors (Lipinski definition) is 3. The third-order valence-electron chi connectivity index (χ3n) is 2.27. The van der Waals surface area contributed by atoms with E-state index in [0.717, 1.165) is 0 Å². The Balaban J connectivity index is 2.80. The molecule has 0 aliphatic carbocycles. The molecule has 1 atom stereocenters. The first-order valence-corrected chi connectivity index (χ1v) is 5.22. The lowest BCUT2D eigenvalue weighted by Crippen LogP contribution is -2.27. The van der Waals surface area contributed by atoms with Crippen LogP contribution in [-0.2, 0) is 4.79 Å². The summed E-state index contributed by atoms with van der Waals surface area (Å²) in [7, 11) is 3.23. The third kappa shape index (κ3) is 3.71. The van der Waals surface area contributed by atoms with E-state index in [9.17, 15) is 14.3 Å². The van der Waals surface area contributed by atoms with Gasteiger partial charge in [0, 0.05) is 19.7 Å². The van der Waals surface area contributed by atoms with E-state index in [0.29, 0.717) is 11.3 Å². The first kappa shape index (κ1) is 13.4. The minimum absolute atomic E-state index is 0.141. The molecule has 1 rings (SSSR count). The van der Waals surface area contributed by atoms with Gasteiger partial charge in [-0.2, -0.15) is 0 Å². The smallest absolute Gasteiger partial charge is 0.259 e. The van der Waals surface area contributed by atoms with E-state index in [4.69, 9.17) is 4.74 Å². The molecule has 0 unspecified atom stereocenters. The minimum atomic E-state index is -0.852. The Bertz CT molecular complexity index is 405. The van der Waals surface area contributed by atoms with Crippen LogP contribution in [0.4, 0.5) is 4.39 Å². The van der Waals surface area contributed by atoms with E-state index >= 15 is 0 Å². The van der Waals surface area contributed by atoms with Crippen molar-refractivity contribution in [3.8, 4) is 5.75 Å². The molecule has 1 amide bonds. The summed E-state index contributed by atoms with van der Waals surface area (Å²) < 4.78 is 18.3. The molecular formula is C12H16FNO3. The number of ether oxygens (including phenoxy) is 1. The lowest BCUT2D eigenvalue weighted by Gasteiger charge is -2.15. The Labute approximate surface area is 99.6 Å². The van der Waals surface area contributed by atoms with Crippen LogP contribution in [0.5, 0.6) is 5.75 Å². The number of aliphatic hydroxyl groups is 1. The molecule has 4 nitrogen and oxygen atoms in total. The number of nitrogens with zero attached hydrogens (tertiary/aromatic N) is 1. The molecule has 0 aliphatic heterocycles. The molecule has 5 heteroatoms. The summed E-state index contributed by atoms with van der Waals surface area (Å²) in [6.07, 6.45) is -0.852. The van der Waals surface area contributed by atoms with E-state index in [1.807, 2.05) is 0 Å². The lowest BCUT2D eigenvalue weighted by atomic mass is 10.1. The second-order valence-electron chi connectivity index (χ2n) is 3.93. The Kier molecular flexibility index (Phi) is 4.45. The molecule has 0 saturated heterocycles.